The summed E-state index contributed by atoms with van der Waals surface area (Å²) in [6.07, 6.45) is 0. The van der Waals surface area contributed by atoms with Crippen LogP contribution in [-0.2, 0) is 4.74 Å². The van der Waals surface area contributed by atoms with Gasteiger partial charge in [0.1, 0.15) is 21.7 Å². The number of carbonyl (C=O) groups is 1. The second-order valence-electron chi connectivity index (χ2n) is 7.42. The first-order valence-corrected chi connectivity index (χ1v) is 11.1. The molecule has 1 aliphatic heterocycles. The number of nitrogens with zero attached hydrogens (tertiary/aromatic N) is 3. The molecule has 0 saturated carbocycles. The Labute approximate surface area is 198 Å². The molecular weight excluding hydrogens is 450 g/mol. The molecule has 1 fully saturated rings. The lowest BCUT2D eigenvalue weighted by Crippen LogP contribution is -2.43. The van der Waals surface area contributed by atoms with Gasteiger partial charge in [0.25, 0.3) is 5.91 Å². The van der Waals surface area contributed by atoms with E-state index in [0.717, 1.165) is 48.9 Å². The number of carbonyl (C=O) groups excluding carboxylic acids is 1. The number of amides is 1. The van der Waals surface area contributed by atoms with Gasteiger partial charge in [-0.3, -0.25) is 14.6 Å². The summed E-state index contributed by atoms with van der Waals surface area (Å²) in [6, 6.07) is 11.4. The number of ether oxygens (including phenoxy) is 3. The highest BCUT2D eigenvalue weighted by molar-refractivity contribution is 7.22. The van der Waals surface area contributed by atoms with E-state index in [9.17, 15) is 4.79 Å². The van der Waals surface area contributed by atoms with Crippen LogP contribution >= 0.6 is 23.7 Å². The van der Waals surface area contributed by atoms with Crippen LogP contribution in [0.15, 0.2) is 36.4 Å². The average molecular weight is 478 g/mol. The minimum absolute atomic E-state index is 0. The van der Waals surface area contributed by atoms with Gasteiger partial charge in [-0.15, -0.1) is 12.4 Å². The minimum atomic E-state index is -0.0646. The minimum Gasteiger partial charge on any atom is -0.495 e. The lowest BCUT2D eigenvalue weighted by molar-refractivity contribution is 0.0391. The molecule has 0 N–H and O–H groups in total. The van der Waals surface area contributed by atoms with E-state index in [0.29, 0.717) is 28.5 Å². The SMILES string of the molecule is COc1ccc(OC)c2sc(N(CCN3CCOCC3)C(=O)c3ccc(C)cc3)nc12.Cl. The summed E-state index contributed by atoms with van der Waals surface area (Å²) in [5.74, 6) is 1.31. The van der Waals surface area contributed by atoms with Crippen LogP contribution in [-0.4, -0.2) is 69.4 Å². The van der Waals surface area contributed by atoms with Crippen molar-refractivity contribution < 1.29 is 19.0 Å². The maximum absolute atomic E-state index is 13.5. The van der Waals surface area contributed by atoms with E-state index in [1.165, 1.54) is 11.3 Å². The predicted molar refractivity (Wildman–Crippen MR) is 130 cm³/mol. The van der Waals surface area contributed by atoms with Gasteiger partial charge in [-0.25, -0.2) is 4.98 Å². The van der Waals surface area contributed by atoms with Gasteiger partial charge >= 0.3 is 0 Å². The molecule has 3 aromatic rings. The first-order chi connectivity index (χ1) is 15.1. The number of thiazole rings is 1. The Balaban J connectivity index is 0.00000289. The van der Waals surface area contributed by atoms with Crippen LogP contribution in [0.1, 0.15) is 15.9 Å². The number of halogens is 1. The van der Waals surface area contributed by atoms with E-state index in [2.05, 4.69) is 4.90 Å². The maximum Gasteiger partial charge on any atom is 0.260 e. The zero-order valence-corrected chi connectivity index (χ0v) is 20.1. The van der Waals surface area contributed by atoms with Crippen molar-refractivity contribution in [2.45, 2.75) is 6.92 Å². The lowest BCUT2D eigenvalue weighted by Gasteiger charge is -2.29. The molecular formula is C23H28ClN3O4S. The first kappa shape index (κ1) is 24.3. The van der Waals surface area contributed by atoms with Crippen LogP contribution in [0.4, 0.5) is 5.13 Å². The van der Waals surface area contributed by atoms with Crippen LogP contribution in [0, 0.1) is 6.92 Å². The van der Waals surface area contributed by atoms with Crippen molar-refractivity contribution in [2.24, 2.45) is 0 Å². The molecule has 4 rings (SSSR count). The summed E-state index contributed by atoms with van der Waals surface area (Å²) >= 11 is 1.44. The molecule has 2 aromatic carbocycles. The number of anilines is 1. The fourth-order valence-electron chi connectivity index (χ4n) is 3.59. The van der Waals surface area contributed by atoms with E-state index in [1.807, 2.05) is 43.3 Å². The summed E-state index contributed by atoms with van der Waals surface area (Å²) in [4.78, 5) is 22.4. The summed E-state index contributed by atoms with van der Waals surface area (Å²) < 4.78 is 17.3. The normalized spacial score (nSPS) is 14.1. The van der Waals surface area contributed by atoms with Crippen molar-refractivity contribution in [3.63, 3.8) is 0 Å². The molecule has 1 amide bonds. The van der Waals surface area contributed by atoms with Crippen molar-refractivity contribution >= 4 is 45.0 Å². The molecule has 0 radical (unpaired) electrons. The molecule has 32 heavy (non-hydrogen) atoms. The molecule has 0 atom stereocenters. The number of morpholine rings is 1. The second-order valence-corrected chi connectivity index (χ2v) is 8.40. The molecule has 2 heterocycles. The van der Waals surface area contributed by atoms with E-state index in [1.54, 1.807) is 19.1 Å². The Hall–Kier alpha value is -2.39. The Morgan fingerprint density at radius 2 is 1.75 bits per heavy atom. The summed E-state index contributed by atoms with van der Waals surface area (Å²) in [6.45, 7) is 6.49. The molecule has 0 spiro atoms. The Morgan fingerprint density at radius 3 is 2.41 bits per heavy atom. The van der Waals surface area contributed by atoms with Crippen molar-refractivity contribution in [1.82, 2.24) is 9.88 Å². The highest BCUT2D eigenvalue weighted by Crippen LogP contribution is 2.40. The monoisotopic (exact) mass is 477 g/mol. The van der Waals surface area contributed by atoms with Crippen molar-refractivity contribution in [1.29, 1.82) is 0 Å². The number of benzene rings is 2. The quantitative estimate of drug-likeness (QED) is 0.512. The fraction of sp³-hybridized carbons (Fsp3) is 0.391. The molecule has 1 aliphatic rings. The largest absolute Gasteiger partial charge is 0.495 e. The Kier molecular flexibility index (Phi) is 8.31. The second kappa shape index (κ2) is 11.0. The average Bonchev–Trinajstić information content (AvgIpc) is 3.24. The van der Waals surface area contributed by atoms with Gasteiger partial charge in [-0.2, -0.15) is 0 Å². The van der Waals surface area contributed by atoms with Gasteiger partial charge in [-0.1, -0.05) is 29.0 Å². The zero-order valence-electron chi connectivity index (χ0n) is 18.5. The van der Waals surface area contributed by atoms with Gasteiger partial charge in [0.2, 0.25) is 0 Å². The van der Waals surface area contributed by atoms with Gasteiger partial charge in [-0.05, 0) is 31.2 Å². The summed E-state index contributed by atoms with van der Waals surface area (Å²) in [5.41, 5.74) is 2.46. The molecule has 0 aliphatic carbocycles. The van der Waals surface area contributed by atoms with E-state index in [-0.39, 0.29) is 18.3 Å². The Morgan fingerprint density at radius 1 is 1.09 bits per heavy atom. The summed E-state index contributed by atoms with van der Waals surface area (Å²) in [5, 5.41) is 0.636. The van der Waals surface area contributed by atoms with Crippen LogP contribution < -0.4 is 14.4 Å². The highest BCUT2D eigenvalue weighted by Gasteiger charge is 2.24. The van der Waals surface area contributed by atoms with Gasteiger partial charge in [0, 0.05) is 31.7 Å². The number of aryl methyl sites for hydroxylation is 1. The van der Waals surface area contributed by atoms with Crippen LogP contribution in [0.3, 0.4) is 0 Å². The van der Waals surface area contributed by atoms with Gasteiger partial charge < -0.3 is 14.2 Å². The Bertz CT molecular complexity index is 1010. The van der Waals surface area contributed by atoms with Crippen LogP contribution in [0.25, 0.3) is 10.2 Å². The summed E-state index contributed by atoms with van der Waals surface area (Å²) in [7, 11) is 3.25. The third kappa shape index (κ3) is 5.15. The standard InChI is InChI=1S/C23H27N3O4S.ClH/c1-16-4-6-17(7-5-16)22(27)26(11-10-25-12-14-30-15-13-25)23-24-20-18(28-2)8-9-19(29-3)21(20)31-23;/h4-9H,10-15H2,1-3H3;1H. The maximum atomic E-state index is 13.5. The van der Waals surface area contributed by atoms with Crippen molar-refractivity contribution in [3.8, 4) is 11.5 Å². The number of hydrogen-bond donors (Lipinski definition) is 0. The van der Waals surface area contributed by atoms with E-state index >= 15 is 0 Å². The molecule has 0 bridgehead atoms. The van der Waals surface area contributed by atoms with Crippen LogP contribution in [0.2, 0.25) is 0 Å². The smallest absolute Gasteiger partial charge is 0.260 e. The molecule has 1 aromatic heterocycles. The van der Waals surface area contributed by atoms with Crippen molar-refractivity contribution in [2.75, 3.05) is 58.5 Å². The molecule has 7 nitrogen and oxygen atoms in total. The number of aromatic nitrogens is 1. The zero-order chi connectivity index (χ0) is 21.8. The van der Waals surface area contributed by atoms with Gasteiger partial charge in [0.05, 0.1) is 27.4 Å². The third-order valence-electron chi connectivity index (χ3n) is 5.42. The van der Waals surface area contributed by atoms with Gasteiger partial charge in [0.15, 0.2) is 5.13 Å². The van der Waals surface area contributed by atoms with Crippen LogP contribution in [0.5, 0.6) is 11.5 Å². The number of hydrogen-bond acceptors (Lipinski definition) is 7. The van der Waals surface area contributed by atoms with E-state index < -0.39 is 0 Å². The highest BCUT2D eigenvalue weighted by atomic mass is 35.5. The molecule has 0 unspecified atom stereocenters. The van der Waals surface area contributed by atoms with Crippen molar-refractivity contribution in [3.05, 3.63) is 47.5 Å². The first-order valence-electron chi connectivity index (χ1n) is 10.3. The number of methoxy groups -OCH3 is 2. The fourth-order valence-corrected chi connectivity index (χ4v) is 4.69. The molecule has 172 valence electrons. The predicted octanol–water partition coefficient (Wildman–Crippen LogP) is 4.02. The number of rotatable bonds is 7. The third-order valence-corrected chi connectivity index (χ3v) is 6.51. The molecule has 9 heteroatoms. The molecule has 1 saturated heterocycles. The lowest BCUT2D eigenvalue weighted by atomic mass is 10.1. The topological polar surface area (TPSA) is 64.1 Å². The number of fused-ring (bicyclic) bond motifs is 1. The van der Waals surface area contributed by atoms with E-state index in [4.69, 9.17) is 19.2 Å².